The van der Waals surface area contributed by atoms with Crippen molar-refractivity contribution in [3.8, 4) is 0 Å². The van der Waals surface area contributed by atoms with E-state index in [9.17, 15) is 0 Å². The van der Waals surface area contributed by atoms with Crippen molar-refractivity contribution < 1.29 is 0 Å². The molecule has 4 nitrogen and oxygen atoms in total. The smallest absolute Gasteiger partial charge is 0.0945 e. The molecule has 0 amide bonds. The molecule has 0 fully saturated rings. The number of rotatable bonds is 7. The van der Waals surface area contributed by atoms with Crippen molar-refractivity contribution in [2.24, 2.45) is 5.73 Å². The Morgan fingerprint density at radius 2 is 2.00 bits per heavy atom. The number of nitrogens with two attached hydrogens (primary N) is 1. The van der Waals surface area contributed by atoms with Gasteiger partial charge in [-0.3, -0.25) is 0 Å². The fourth-order valence-electron chi connectivity index (χ4n) is 2.35. The molecule has 0 saturated heterocycles. The minimum atomic E-state index is 0.488. The van der Waals surface area contributed by atoms with Gasteiger partial charge in [-0.05, 0) is 38.0 Å². The van der Waals surface area contributed by atoms with Crippen molar-refractivity contribution in [1.82, 2.24) is 9.55 Å². The van der Waals surface area contributed by atoms with Crippen molar-refractivity contribution in [3.63, 3.8) is 0 Å². The molecule has 1 heterocycles. The maximum atomic E-state index is 5.65. The fraction of sp³-hybridized carbons (Fsp3) is 0.438. The largest absolute Gasteiger partial charge is 0.369 e. The number of hydrogen-bond donors (Lipinski definition) is 1. The second kappa shape index (κ2) is 7.10. The van der Waals surface area contributed by atoms with E-state index in [1.165, 1.54) is 11.3 Å². The molecule has 0 aliphatic rings. The lowest BCUT2D eigenvalue weighted by molar-refractivity contribution is 0.592. The van der Waals surface area contributed by atoms with Crippen molar-refractivity contribution >= 4 is 5.69 Å². The predicted octanol–water partition coefficient (Wildman–Crippen LogP) is 2.65. The maximum absolute atomic E-state index is 5.65. The van der Waals surface area contributed by atoms with Crippen LogP contribution in [0.1, 0.15) is 25.8 Å². The summed E-state index contributed by atoms with van der Waals surface area (Å²) in [5, 5.41) is 0. The van der Waals surface area contributed by atoms with Gasteiger partial charge in [-0.25, -0.2) is 4.98 Å². The number of imidazole rings is 1. The summed E-state index contributed by atoms with van der Waals surface area (Å²) in [6.07, 6.45) is 6.81. The first kappa shape index (κ1) is 14.6. The minimum Gasteiger partial charge on any atom is -0.369 e. The summed E-state index contributed by atoms with van der Waals surface area (Å²) < 4.78 is 2.12. The van der Waals surface area contributed by atoms with Crippen LogP contribution in [0.25, 0.3) is 0 Å². The summed E-state index contributed by atoms with van der Waals surface area (Å²) in [4.78, 5) is 6.50. The molecule has 0 aliphatic heterocycles. The highest BCUT2D eigenvalue weighted by molar-refractivity contribution is 5.48. The van der Waals surface area contributed by atoms with E-state index < -0.39 is 0 Å². The molecule has 2 aromatic rings. The monoisotopic (exact) mass is 272 g/mol. The summed E-state index contributed by atoms with van der Waals surface area (Å²) in [6, 6.07) is 9.04. The van der Waals surface area contributed by atoms with Gasteiger partial charge in [-0.15, -0.1) is 0 Å². The molecule has 0 radical (unpaired) electrons. The Kier molecular flexibility index (Phi) is 5.18. The van der Waals surface area contributed by atoms with Crippen LogP contribution < -0.4 is 10.6 Å². The second-order valence-electron chi connectivity index (χ2n) is 5.31. The van der Waals surface area contributed by atoms with Gasteiger partial charge >= 0.3 is 0 Å². The van der Waals surface area contributed by atoms with Crippen molar-refractivity contribution in [2.75, 3.05) is 11.4 Å². The average Bonchev–Trinajstić information content (AvgIpc) is 2.97. The van der Waals surface area contributed by atoms with E-state index in [-0.39, 0.29) is 0 Å². The summed E-state index contributed by atoms with van der Waals surface area (Å²) in [5.41, 5.74) is 8.09. The Balaban J connectivity index is 1.95. The lowest BCUT2D eigenvalue weighted by Crippen LogP contribution is -2.32. The Morgan fingerprint density at radius 3 is 2.55 bits per heavy atom. The zero-order valence-electron chi connectivity index (χ0n) is 12.4. The van der Waals surface area contributed by atoms with Gasteiger partial charge in [0, 0.05) is 43.8 Å². The highest BCUT2D eigenvalue weighted by atomic mass is 15.2. The highest BCUT2D eigenvalue weighted by Gasteiger charge is 2.10. The van der Waals surface area contributed by atoms with Crippen molar-refractivity contribution in [3.05, 3.63) is 48.5 Å². The van der Waals surface area contributed by atoms with E-state index in [0.29, 0.717) is 12.6 Å². The van der Waals surface area contributed by atoms with Crippen LogP contribution in [0, 0.1) is 0 Å². The summed E-state index contributed by atoms with van der Waals surface area (Å²) in [6.45, 7) is 7.10. The lowest BCUT2D eigenvalue weighted by Gasteiger charge is -2.29. The Bertz CT molecular complexity index is 488. The first-order chi connectivity index (χ1) is 9.70. The summed E-state index contributed by atoms with van der Waals surface area (Å²) in [7, 11) is 0. The van der Waals surface area contributed by atoms with Crippen LogP contribution in [0.5, 0.6) is 0 Å². The first-order valence-electron chi connectivity index (χ1n) is 7.22. The maximum Gasteiger partial charge on any atom is 0.0945 e. The van der Waals surface area contributed by atoms with Gasteiger partial charge in [0.2, 0.25) is 0 Å². The van der Waals surface area contributed by atoms with Gasteiger partial charge in [0.1, 0.15) is 0 Å². The molecule has 0 atom stereocenters. The highest BCUT2D eigenvalue weighted by Crippen LogP contribution is 2.18. The normalized spacial score (nSPS) is 11.0. The molecule has 0 saturated carbocycles. The van der Waals surface area contributed by atoms with Crippen molar-refractivity contribution in [1.29, 1.82) is 0 Å². The van der Waals surface area contributed by atoms with Crippen LogP contribution in [0.4, 0.5) is 5.69 Å². The molecule has 0 aliphatic carbocycles. The number of aromatic nitrogens is 2. The van der Waals surface area contributed by atoms with Crippen LogP contribution in [-0.2, 0) is 13.1 Å². The third-order valence-electron chi connectivity index (χ3n) is 3.50. The second-order valence-corrected chi connectivity index (χ2v) is 5.31. The molecule has 2 rings (SSSR count). The zero-order chi connectivity index (χ0) is 14.4. The van der Waals surface area contributed by atoms with Gasteiger partial charge in [-0.1, -0.05) is 12.1 Å². The molecule has 108 valence electrons. The van der Waals surface area contributed by atoms with E-state index in [4.69, 9.17) is 5.73 Å². The van der Waals surface area contributed by atoms with Gasteiger partial charge in [0.25, 0.3) is 0 Å². The SMILES string of the molecule is CC(C)N(CCCn1ccnc1)c1ccc(CN)cc1. The minimum absolute atomic E-state index is 0.488. The molecule has 1 aromatic heterocycles. The number of benzene rings is 1. The molecule has 0 spiro atoms. The molecule has 0 bridgehead atoms. The fourth-order valence-corrected chi connectivity index (χ4v) is 2.35. The Labute approximate surface area is 121 Å². The van der Waals surface area contributed by atoms with E-state index in [1.54, 1.807) is 0 Å². The van der Waals surface area contributed by atoms with Crippen LogP contribution >= 0.6 is 0 Å². The van der Waals surface area contributed by atoms with Crippen LogP contribution in [0.3, 0.4) is 0 Å². The molecule has 20 heavy (non-hydrogen) atoms. The van der Waals surface area contributed by atoms with Gasteiger partial charge in [0.05, 0.1) is 6.33 Å². The van der Waals surface area contributed by atoms with E-state index >= 15 is 0 Å². The van der Waals surface area contributed by atoms with Crippen LogP contribution in [-0.4, -0.2) is 22.1 Å². The standard InChI is InChI=1S/C16H24N4/c1-14(2)20(10-3-9-19-11-8-18-13-19)16-6-4-15(12-17)5-7-16/h4-8,11,13-14H,3,9-10,12,17H2,1-2H3. The molecule has 2 N–H and O–H groups in total. The van der Waals surface area contributed by atoms with Gasteiger partial charge in [0.15, 0.2) is 0 Å². The predicted molar refractivity (Wildman–Crippen MR) is 83.7 cm³/mol. The van der Waals surface area contributed by atoms with Crippen LogP contribution in [0.15, 0.2) is 43.0 Å². The third kappa shape index (κ3) is 3.84. The Hall–Kier alpha value is -1.81. The van der Waals surface area contributed by atoms with E-state index in [2.05, 4.69) is 52.6 Å². The quantitative estimate of drug-likeness (QED) is 0.843. The number of aryl methyl sites for hydroxylation is 1. The van der Waals surface area contributed by atoms with E-state index in [0.717, 1.165) is 19.5 Å². The summed E-state index contributed by atoms with van der Waals surface area (Å²) in [5.74, 6) is 0. The lowest BCUT2D eigenvalue weighted by atomic mass is 10.1. The Morgan fingerprint density at radius 1 is 1.25 bits per heavy atom. The van der Waals surface area contributed by atoms with Crippen molar-refractivity contribution in [2.45, 2.75) is 39.4 Å². The van der Waals surface area contributed by atoms with E-state index in [1.807, 2.05) is 18.7 Å². The zero-order valence-corrected chi connectivity index (χ0v) is 12.4. The average molecular weight is 272 g/mol. The molecule has 4 heteroatoms. The molecule has 1 aromatic carbocycles. The molecular weight excluding hydrogens is 248 g/mol. The topological polar surface area (TPSA) is 47.1 Å². The third-order valence-corrected chi connectivity index (χ3v) is 3.50. The van der Waals surface area contributed by atoms with Gasteiger partial charge < -0.3 is 15.2 Å². The number of nitrogens with zero attached hydrogens (tertiary/aromatic N) is 3. The summed E-state index contributed by atoms with van der Waals surface area (Å²) >= 11 is 0. The van der Waals surface area contributed by atoms with Gasteiger partial charge in [-0.2, -0.15) is 0 Å². The number of anilines is 1. The number of hydrogen-bond acceptors (Lipinski definition) is 3. The van der Waals surface area contributed by atoms with Crippen LogP contribution in [0.2, 0.25) is 0 Å². The first-order valence-corrected chi connectivity index (χ1v) is 7.22. The molecular formula is C16H24N4. The molecule has 0 unspecified atom stereocenters.